The molecule has 0 radical (unpaired) electrons. The molecule has 2 aromatic carbocycles. The number of aromatic nitrogens is 2. The number of hydrogen-bond donors (Lipinski definition) is 3. The van der Waals surface area contributed by atoms with Gasteiger partial charge in [-0.2, -0.15) is 5.11 Å². The highest BCUT2D eigenvalue weighted by Crippen LogP contribution is 2.24. The van der Waals surface area contributed by atoms with E-state index < -0.39 is 11.9 Å². The van der Waals surface area contributed by atoms with Crippen LogP contribution in [-0.4, -0.2) is 49.2 Å². The molecule has 1 amide bonds. The fourth-order valence-electron chi connectivity index (χ4n) is 3.05. The van der Waals surface area contributed by atoms with Crippen LogP contribution >= 0.6 is 0 Å². The summed E-state index contributed by atoms with van der Waals surface area (Å²) < 4.78 is 9.73. The topological polar surface area (TPSA) is 139 Å². The molecule has 1 heterocycles. The Balaban J connectivity index is 1.92. The van der Waals surface area contributed by atoms with Gasteiger partial charge in [0.2, 0.25) is 5.88 Å². The number of esters is 1. The first-order chi connectivity index (χ1) is 15.1. The van der Waals surface area contributed by atoms with Crippen molar-refractivity contribution in [2.24, 2.45) is 5.11 Å². The maximum atomic E-state index is 13.0. The van der Waals surface area contributed by atoms with Gasteiger partial charge in [0.1, 0.15) is 0 Å². The molecule has 3 rings (SSSR count). The number of fused-ring (bicyclic) bond motifs is 1. The third-order valence-corrected chi connectivity index (χ3v) is 4.55. The van der Waals surface area contributed by atoms with Crippen LogP contribution in [0.4, 0.5) is 5.82 Å². The maximum absolute atomic E-state index is 13.0. The van der Waals surface area contributed by atoms with E-state index >= 15 is 0 Å². The normalized spacial score (nSPS) is 10.5. The third-order valence-electron chi connectivity index (χ3n) is 4.55. The van der Waals surface area contributed by atoms with Gasteiger partial charge in [-0.1, -0.05) is 30.3 Å². The summed E-state index contributed by atoms with van der Waals surface area (Å²) in [6, 6.07) is 11.1. The number of ether oxygens (including phenoxy) is 2. The molecule has 10 heteroatoms. The number of hydrogen-bond acceptors (Lipinski definition) is 9. The highest BCUT2D eigenvalue weighted by Gasteiger charge is 2.20. The van der Waals surface area contributed by atoms with Gasteiger partial charge in [-0.25, -0.2) is 20.3 Å². The number of amides is 1. The summed E-state index contributed by atoms with van der Waals surface area (Å²) in [4.78, 5) is 33.2. The van der Waals surface area contributed by atoms with Crippen molar-refractivity contribution in [2.45, 2.75) is 6.54 Å². The number of anilines is 1. The van der Waals surface area contributed by atoms with Crippen LogP contribution in [0, 0.1) is 5.53 Å². The lowest BCUT2D eigenvalue weighted by Crippen LogP contribution is -2.19. The average Bonchev–Trinajstić information content (AvgIpc) is 2.81. The molecule has 160 valence electrons. The monoisotopic (exact) mass is 422 g/mol. The lowest BCUT2D eigenvalue weighted by atomic mass is 9.99. The van der Waals surface area contributed by atoms with E-state index in [1.165, 1.54) is 20.4 Å². The van der Waals surface area contributed by atoms with E-state index in [0.29, 0.717) is 25.2 Å². The molecule has 3 aromatic rings. The molecular weight excluding hydrogens is 400 g/mol. The Morgan fingerprint density at radius 1 is 1.13 bits per heavy atom. The first kappa shape index (κ1) is 21.8. The van der Waals surface area contributed by atoms with E-state index in [1.807, 2.05) is 30.3 Å². The van der Waals surface area contributed by atoms with E-state index in [0.717, 1.165) is 16.3 Å². The minimum Gasteiger partial charge on any atom is -0.480 e. The van der Waals surface area contributed by atoms with Crippen molar-refractivity contribution in [3.63, 3.8) is 0 Å². The molecule has 10 nitrogen and oxygen atoms in total. The molecule has 0 fully saturated rings. The van der Waals surface area contributed by atoms with Crippen LogP contribution in [0.15, 0.2) is 47.7 Å². The van der Waals surface area contributed by atoms with E-state index in [-0.39, 0.29) is 17.4 Å². The van der Waals surface area contributed by atoms with Gasteiger partial charge in [0.25, 0.3) is 5.91 Å². The van der Waals surface area contributed by atoms with E-state index in [4.69, 9.17) is 15.0 Å². The molecule has 0 aliphatic heterocycles. The predicted molar refractivity (Wildman–Crippen MR) is 114 cm³/mol. The average molecular weight is 422 g/mol. The van der Waals surface area contributed by atoms with Gasteiger partial charge >= 0.3 is 5.97 Å². The smallest absolute Gasteiger partial charge is 0.360 e. The molecule has 0 unspecified atom stereocenters. The van der Waals surface area contributed by atoms with Crippen molar-refractivity contribution >= 4 is 28.5 Å². The second kappa shape index (κ2) is 10.2. The molecule has 31 heavy (non-hydrogen) atoms. The first-order valence-electron chi connectivity index (χ1n) is 9.44. The van der Waals surface area contributed by atoms with Crippen molar-refractivity contribution in [3.8, 4) is 5.88 Å². The number of carbonyl (C=O) groups excluding carboxylic acids is 2. The predicted octanol–water partition coefficient (Wildman–Crippen LogP) is 2.80. The highest BCUT2D eigenvalue weighted by atomic mass is 16.5. The van der Waals surface area contributed by atoms with Crippen LogP contribution < -0.4 is 15.4 Å². The Morgan fingerprint density at radius 3 is 2.61 bits per heavy atom. The van der Waals surface area contributed by atoms with Gasteiger partial charge in [-0.15, -0.1) is 0 Å². The number of nitrogens with zero attached hydrogens (tertiary/aromatic N) is 3. The van der Waals surface area contributed by atoms with Crippen LogP contribution in [0.5, 0.6) is 5.88 Å². The first-order valence-corrected chi connectivity index (χ1v) is 9.44. The summed E-state index contributed by atoms with van der Waals surface area (Å²) in [7, 11) is 2.61. The van der Waals surface area contributed by atoms with Crippen molar-refractivity contribution in [3.05, 3.63) is 59.4 Å². The van der Waals surface area contributed by atoms with E-state index in [2.05, 4.69) is 25.7 Å². The van der Waals surface area contributed by atoms with E-state index in [9.17, 15) is 9.59 Å². The largest absolute Gasteiger partial charge is 0.480 e. The van der Waals surface area contributed by atoms with Crippen molar-refractivity contribution < 1.29 is 19.1 Å². The molecule has 0 atom stereocenters. The van der Waals surface area contributed by atoms with Crippen LogP contribution in [0.25, 0.3) is 10.8 Å². The molecular formula is C21H22N6O4. The summed E-state index contributed by atoms with van der Waals surface area (Å²) >= 11 is 0. The van der Waals surface area contributed by atoms with Gasteiger partial charge in [-0.05, 0) is 22.4 Å². The van der Waals surface area contributed by atoms with E-state index in [1.54, 1.807) is 6.07 Å². The summed E-state index contributed by atoms with van der Waals surface area (Å²) in [6.07, 6.45) is 1.30. The van der Waals surface area contributed by atoms with Gasteiger partial charge in [0.05, 0.1) is 27.0 Å². The summed E-state index contributed by atoms with van der Waals surface area (Å²) in [6.45, 7) is 1.57. The molecule has 1 aromatic heterocycles. The molecule has 0 aliphatic carbocycles. The SMILES string of the molecule is COC(=O)c1nc(OC)cnc1NC(=O)c1ccc(CNCCN=N)c2ccccc12. The number of nitrogens with one attached hydrogen (secondary N) is 3. The number of methoxy groups -OCH3 is 2. The molecule has 0 bridgehead atoms. The number of rotatable bonds is 9. The molecule has 0 saturated carbocycles. The zero-order chi connectivity index (χ0) is 22.2. The third kappa shape index (κ3) is 4.98. The van der Waals surface area contributed by atoms with Crippen LogP contribution in [0.3, 0.4) is 0 Å². The number of carbonyl (C=O) groups is 2. The van der Waals surface area contributed by atoms with Crippen LogP contribution in [-0.2, 0) is 11.3 Å². The Hall–Kier alpha value is -3.92. The zero-order valence-electron chi connectivity index (χ0n) is 17.1. The van der Waals surface area contributed by atoms with Gasteiger partial charge < -0.3 is 20.1 Å². The molecule has 0 saturated heterocycles. The zero-order valence-corrected chi connectivity index (χ0v) is 17.1. The Bertz CT molecular complexity index is 1120. The fourth-order valence-corrected chi connectivity index (χ4v) is 3.05. The number of benzene rings is 2. The quantitative estimate of drug-likeness (QED) is 0.274. The lowest BCUT2D eigenvalue weighted by molar-refractivity contribution is 0.0594. The summed E-state index contributed by atoms with van der Waals surface area (Å²) in [5.41, 5.74) is 8.14. The maximum Gasteiger partial charge on any atom is 0.360 e. The Labute approximate surface area is 178 Å². The second-order valence-corrected chi connectivity index (χ2v) is 6.43. The highest BCUT2D eigenvalue weighted by molar-refractivity contribution is 6.14. The van der Waals surface area contributed by atoms with Gasteiger partial charge in [-0.3, -0.25) is 4.79 Å². The Kier molecular flexibility index (Phi) is 7.17. The lowest BCUT2D eigenvalue weighted by Gasteiger charge is -2.13. The van der Waals surface area contributed by atoms with Gasteiger partial charge in [0, 0.05) is 18.7 Å². The van der Waals surface area contributed by atoms with Crippen molar-refractivity contribution in [2.75, 3.05) is 32.6 Å². The van der Waals surface area contributed by atoms with Gasteiger partial charge in [0.15, 0.2) is 11.5 Å². The minimum absolute atomic E-state index is 0.0216. The summed E-state index contributed by atoms with van der Waals surface area (Å²) in [5.74, 6) is -1.08. The minimum atomic E-state index is -0.743. The van der Waals surface area contributed by atoms with Crippen molar-refractivity contribution in [1.82, 2.24) is 15.3 Å². The van der Waals surface area contributed by atoms with Crippen LogP contribution in [0.2, 0.25) is 0 Å². The van der Waals surface area contributed by atoms with Crippen LogP contribution in [0.1, 0.15) is 26.4 Å². The Morgan fingerprint density at radius 2 is 1.90 bits per heavy atom. The molecule has 3 N–H and O–H groups in total. The van der Waals surface area contributed by atoms with Crippen molar-refractivity contribution in [1.29, 1.82) is 5.53 Å². The second-order valence-electron chi connectivity index (χ2n) is 6.43. The standard InChI is InChI=1S/C21H22N6O4/c1-30-17-12-24-19(18(26-17)21(29)31-2)27-20(28)16-8-7-13(11-23-9-10-25-22)14-5-3-4-6-15(14)16/h3-8,12,22-23H,9-11H2,1-2H3,(H,24,27,28). The molecule has 0 spiro atoms. The fraction of sp³-hybridized carbons (Fsp3) is 0.238. The molecule has 0 aliphatic rings. The summed E-state index contributed by atoms with van der Waals surface area (Å²) in [5, 5.41) is 10.9.